The molecule has 2 heteroatoms. The topological polar surface area (TPSA) is 33.0 Å². The van der Waals surface area contributed by atoms with Crippen LogP contribution in [-0.2, 0) is 11.3 Å². The molecular weight excluding hydrogens is 138 g/mol. The van der Waals surface area contributed by atoms with E-state index < -0.39 is 0 Å². The van der Waals surface area contributed by atoms with Gasteiger partial charge in [-0.25, -0.2) is 0 Å². The molecule has 55 valence electrons. The van der Waals surface area contributed by atoms with E-state index in [0.29, 0.717) is 12.2 Å². The lowest BCUT2D eigenvalue weighted by atomic mass is 10.1. The van der Waals surface area contributed by atoms with Gasteiger partial charge >= 0.3 is 0 Å². The molecule has 0 heterocycles. The van der Waals surface area contributed by atoms with Gasteiger partial charge in [0, 0.05) is 13.2 Å². The van der Waals surface area contributed by atoms with E-state index in [0.717, 1.165) is 5.56 Å². The van der Waals surface area contributed by atoms with E-state index in [4.69, 9.17) is 10.00 Å². The SMILES string of the molecule is COCc1[c]c(C#N)ccc1. The Kier molecular flexibility index (Phi) is 2.65. The van der Waals surface area contributed by atoms with Crippen molar-refractivity contribution in [3.05, 3.63) is 35.4 Å². The lowest BCUT2D eigenvalue weighted by Crippen LogP contribution is -1.87. The Balaban J connectivity index is 2.85. The second-order valence-corrected chi connectivity index (χ2v) is 2.13. The predicted molar refractivity (Wildman–Crippen MR) is 40.7 cm³/mol. The van der Waals surface area contributed by atoms with Crippen LogP contribution in [0.1, 0.15) is 11.1 Å². The second-order valence-electron chi connectivity index (χ2n) is 2.13. The maximum Gasteiger partial charge on any atom is 0.0998 e. The monoisotopic (exact) mass is 146 g/mol. The van der Waals surface area contributed by atoms with E-state index in [1.165, 1.54) is 0 Å². The molecule has 0 saturated carbocycles. The number of benzene rings is 1. The zero-order chi connectivity index (χ0) is 8.10. The Labute approximate surface area is 66.0 Å². The van der Waals surface area contributed by atoms with Crippen molar-refractivity contribution in [2.75, 3.05) is 7.11 Å². The summed E-state index contributed by atoms with van der Waals surface area (Å²) in [6.07, 6.45) is 0. The first kappa shape index (κ1) is 7.77. The maximum atomic E-state index is 8.51. The van der Waals surface area contributed by atoms with E-state index in [1.807, 2.05) is 18.2 Å². The Bertz CT molecular complexity index is 275. The summed E-state index contributed by atoms with van der Waals surface area (Å²) in [5, 5.41) is 8.51. The van der Waals surface area contributed by atoms with Gasteiger partial charge in [-0.15, -0.1) is 0 Å². The van der Waals surface area contributed by atoms with Crippen molar-refractivity contribution in [2.45, 2.75) is 6.61 Å². The highest BCUT2D eigenvalue weighted by atomic mass is 16.5. The van der Waals surface area contributed by atoms with Crippen molar-refractivity contribution in [3.63, 3.8) is 0 Å². The normalized spacial score (nSPS) is 9.09. The van der Waals surface area contributed by atoms with Gasteiger partial charge in [0.1, 0.15) is 0 Å². The highest BCUT2D eigenvalue weighted by molar-refractivity contribution is 5.30. The molecule has 0 aliphatic heterocycles. The number of nitrogens with zero attached hydrogens (tertiary/aromatic N) is 1. The smallest absolute Gasteiger partial charge is 0.0998 e. The highest BCUT2D eigenvalue weighted by Crippen LogP contribution is 2.03. The molecule has 0 unspecified atom stereocenters. The fraction of sp³-hybridized carbons (Fsp3) is 0.222. The van der Waals surface area contributed by atoms with Crippen molar-refractivity contribution in [2.24, 2.45) is 0 Å². The van der Waals surface area contributed by atoms with Gasteiger partial charge in [0.15, 0.2) is 0 Å². The Hall–Kier alpha value is -1.33. The van der Waals surface area contributed by atoms with Crippen molar-refractivity contribution in [1.82, 2.24) is 0 Å². The molecule has 0 aromatic heterocycles. The van der Waals surface area contributed by atoms with E-state index in [9.17, 15) is 0 Å². The molecule has 0 aliphatic carbocycles. The largest absolute Gasteiger partial charge is 0.380 e. The van der Waals surface area contributed by atoms with E-state index >= 15 is 0 Å². The summed E-state index contributed by atoms with van der Waals surface area (Å²) in [5.41, 5.74) is 1.46. The number of methoxy groups -OCH3 is 1. The molecule has 1 aromatic carbocycles. The Morgan fingerprint density at radius 3 is 3.09 bits per heavy atom. The van der Waals surface area contributed by atoms with Crippen LogP contribution in [0.15, 0.2) is 18.2 Å². The quantitative estimate of drug-likeness (QED) is 0.633. The summed E-state index contributed by atoms with van der Waals surface area (Å²) < 4.78 is 4.89. The molecular formula is C9H8NO. The molecule has 0 N–H and O–H groups in total. The third-order valence-corrected chi connectivity index (χ3v) is 1.28. The minimum Gasteiger partial charge on any atom is -0.380 e. The average molecular weight is 146 g/mol. The van der Waals surface area contributed by atoms with Crippen LogP contribution < -0.4 is 0 Å². The van der Waals surface area contributed by atoms with Gasteiger partial charge in [0.05, 0.1) is 18.2 Å². The molecule has 0 amide bonds. The summed E-state index contributed by atoms with van der Waals surface area (Å²) in [7, 11) is 1.62. The molecule has 11 heavy (non-hydrogen) atoms. The standard InChI is InChI=1S/C9H8NO/c1-11-7-9-4-2-3-8(5-9)6-10/h2-4H,7H2,1H3. The fourth-order valence-electron chi connectivity index (χ4n) is 0.822. The first-order valence-corrected chi connectivity index (χ1v) is 3.27. The minimum atomic E-state index is 0.509. The predicted octanol–water partition coefficient (Wildman–Crippen LogP) is 1.50. The van der Waals surface area contributed by atoms with Gasteiger partial charge in [-0.3, -0.25) is 0 Å². The van der Waals surface area contributed by atoms with Crippen molar-refractivity contribution in [3.8, 4) is 6.07 Å². The van der Waals surface area contributed by atoms with Crippen LogP contribution >= 0.6 is 0 Å². The molecule has 1 aromatic rings. The third kappa shape index (κ3) is 2.06. The maximum absolute atomic E-state index is 8.51. The second kappa shape index (κ2) is 3.75. The lowest BCUT2D eigenvalue weighted by molar-refractivity contribution is 0.184. The summed E-state index contributed by atoms with van der Waals surface area (Å²) in [6, 6.07) is 10.3. The van der Waals surface area contributed by atoms with Crippen molar-refractivity contribution < 1.29 is 4.74 Å². The van der Waals surface area contributed by atoms with Gasteiger partial charge in [-0.1, -0.05) is 12.1 Å². The van der Waals surface area contributed by atoms with Crippen molar-refractivity contribution in [1.29, 1.82) is 5.26 Å². The van der Waals surface area contributed by atoms with Crippen LogP contribution in [0.4, 0.5) is 0 Å². The molecule has 0 atom stereocenters. The van der Waals surface area contributed by atoms with Gasteiger partial charge in [-0.05, 0) is 11.6 Å². The molecule has 1 radical (unpaired) electrons. The first-order chi connectivity index (χ1) is 5.36. The molecule has 0 spiro atoms. The van der Waals surface area contributed by atoms with Gasteiger partial charge < -0.3 is 4.74 Å². The third-order valence-electron chi connectivity index (χ3n) is 1.28. The van der Waals surface area contributed by atoms with Crippen LogP contribution in [0.5, 0.6) is 0 Å². The summed E-state index contributed by atoms with van der Waals surface area (Å²) in [4.78, 5) is 0. The molecule has 1 rings (SSSR count). The van der Waals surface area contributed by atoms with E-state index in [2.05, 4.69) is 6.07 Å². The average Bonchev–Trinajstić information content (AvgIpc) is 2.06. The summed E-state index contributed by atoms with van der Waals surface area (Å²) >= 11 is 0. The molecule has 0 fully saturated rings. The number of rotatable bonds is 2. The number of ether oxygens (including phenoxy) is 1. The fourth-order valence-corrected chi connectivity index (χ4v) is 0.822. The number of hydrogen-bond donors (Lipinski definition) is 0. The van der Waals surface area contributed by atoms with Crippen LogP contribution in [0, 0.1) is 17.4 Å². The number of hydrogen-bond acceptors (Lipinski definition) is 2. The molecule has 2 nitrogen and oxygen atoms in total. The first-order valence-electron chi connectivity index (χ1n) is 3.27. The van der Waals surface area contributed by atoms with E-state index in [1.54, 1.807) is 13.2 Å². The molecule has 0 bridgehead atoms. The zero-order valence-corrected chi connectivity index (χ0v) is 6.29. The van der Waals surface area contributed by atoms with Gasteiger partial charge in [-0.2, -0.15) is 5.26 Å². The Morgan fingerprint density at radius 1 is 1.64 bits per heavy atom. The van der Waals surface area contributed by atoms with Crippen molar-refractivity contribution >= 4 is 0 Å². The van der Waals surface area contributed by atoms with Crippen LogP contribution in [-0.4, -0.2) is 7.11 Å². The summed E-state index contributed by atoms with van der Waals surface area (Å²) in [6.45, 7) is 0.509. The van der Waals surface area contributed by atoms with Crippen LogP contribution in [0.3, 0.4) is 0 Å². The summed E-state index contributed by atoms with van der Waals surface area (Å²) in [5.74, 6) is 0. The van der Waals surface area contributed by atoms with E-state index in [-0.39, 0.29) is 0 Å². The van der Waals surface area contributed by atoms with Gasteiger partial charge in [0.25, 0.3) is 0 Å². The molecule has 0 aliphatic rings. The van der Waals surface area contributed by atoms with Gasteiger partial charge in [0.2, 0.25) is 0 Å². The lowest BCUT2D eigenvalue weighted by Gasteiger charge is -1.96. The number of nitriles is 1. The van der Waals surface area contributed by atoms with Crippen LogP contribution in [0.25, 0.3) is 0 Å². The Morgan fingerprint density at radius 2 is 2.45 bits per heavy atom. The molecule has 0 saturated heterocycles. The minimum absolute atomic E-state index is 0.509. The van der Waals surface area contributed by atoms with Crippen LogP contribution in [0.2, 0.25) is 0 Å². The zero-order valence-electron chi connectivity index (χ0n) is 6.29. The highest BCUT2D eigenvalue weighted by Gasteiger charge is 1.93.